The molecule has 0 atom stereocenters. The maximum atomic E-state index is 11.8. The summed E-state index contributed by atoms with van der Waals surface area (Å²) in [5, 5.41) is 0.994. The summed E-state index contributed by atoms with van der Waals surface area (Å²) in [6.07, 6.45) is 2.14. The number of hydrogen-bond donors (Lipinski definition) is 1. The third-order valence-electron chi connectivity index (χ3n) is 2.66. The summed E-state index contributed by atoms with van der Waals surface area (Å²) in [4.78, 5) is 25.8. The van der Waals surface area contributed by atoms with Gasteiger partial charge in [0.2, 0.25) is 0 Å². The molecule has 2 aromatic rings. The summed E-state index contributed by atoms with van der Waals surface area (Å²) in [7, 11) is 1.32. The van der Waals surface area contributed by atoms with Gasteiger partial charge in [-0.3, -0.25) is 9.59 Å². The molecule has 4 nitrogen and oxygen atoms in total. The third kappa shape index (κ3) is 2.53. The van der Waals surface area contributed by atoms with Crippen molar-refractivity contribution in [2.75, 3.05) is 7.11 Å². The van der Waals surface area contributed by atoms with Crippen LogP contribution in [0.2, 0.25) is 0 Å². The molecule has 0 aliphatic carbocycles. The minimum Gasteiger partial charge on any atom is -0.469 e. The first kappa shape index (κ1) is 11.4. The quantitative estimate of drug-likeness (QED) is 0.648. The molecule has 1 heterocycles. The summed E-state index contributed by atoms with van der Waals surface area (Å²) in [5.41, 5.74) is 1.62. The van der Waals surface area contributed by atoms with Crippen molar-refractivity contribution < 1.29 is 14.3 Å². The van der Waals surface area contributed by atoms with Gasteiger partial charge in [0.15, 0.2) is 5.78 Å². The van der Waals surface area contributed by atoms with Crippen LogP contribution >= 0.6 is 0 Å². The van der Waals surface area contributed by atoms with E-state index in [1.807, 2.05) is 24.4 Å². The van der Waals surface area contributed by atoms with E-state index in [1.54, 1.807) is 6.07 Å². The minimum atomic E-state index is -0.360. The highest BCUT2D eigenvalue weighted by Crippen LogP contribution is 2.16. The van der Waals surface area contributed by atoms with E-state index in [1.165, 1.54) is 7.11 Å². The second-order valence-corrected chi connectivity index (χ2v) is 3.78. The second-order valence-electron chi connectivity index (χ2n) is 3.78. The highest BCUT2D eigenvalue weighted by atomic mass is 16.5. The van der Waals surface area contributed by atoms with Crippen LogP contribution in [0.1, 0.15) is 23.2 Å². The fourth-order valence-corrected chi connectivity index (χ4v) is 1.69. The summed E-state index contributed by atoms with van der Waals surface area (Å²) in [5.74, 6) is -0.403. The van der Waals surface area contributed by atoms with Crippen LogP contribution in [0.15, 0.2) is 30.5 Å². The largest absolute Gasteiger partial charge is 0.469 e. The molecule has 0 unspecified atom stereocenters. The predicted octanol–water partition coefficient (Wildman–Crippen LogP) is 2.30. The van der Waals surface area contributed by atoms with Crippen LogP contribution in [0.3, 0.4) is 0 Å². The molecular formula is C13H13NO3. The van der Waals surface area contributed by atoms with Crippen LogP contribution in [-0.2, 0) is 9.53 Å². The zero-order valence-corrected chi connectivity index (χ0v) is 9.53. The Morgan fingerprint density at radius 1 is 1.24 bits per heavy atom. The number of H-pyrrole nitrogens is 1. The molecule has 17 heavy (non-hydrogen) atoms. The molecule has 0 fully saturated rings. The topological polar surface area (TPSA) is 59.2 Å². The van der Waals surface area contributed by atoms with Crippen molar-refractivity contribution in [1.82, 2.24) is 4.98 Å². The SMILES string of the molecule is COC(=O)CCC(=O)c1ccc2[nH]ccc2c1. The number of ketones is 1. The van der Waals surface area contributed by atoms with Crippen LogP contribution in [0.5, 0.6) is 0 Å². The minimum absolute atomic E-state index is 0.0431. The number of benzene rings is 1. The maximum Gasteiger partial charge on any atom is 0.305 e. The van der Waals surface area contributed by atoms with Crippen molar-refractivity contribution in [2.45, 2.75) is 12.8 Å². The summed E-state index contributed by atoms with van der Waals surface area (Å²) >= 11 is 0. The van der Waals surface area contributed by atoms with E-state index < -0.39 is 0 Å². The van der Waals surface area contributed by atoms with Gasteiger partial charge in [-0.05, 0) is 24.3 Å². The van der Waals surface area contributed by atoms with E-state index in [2.05, 4.69) is 9.72 Å². The lowest BCUT2D eigenvalue weighted by Gasteiger charge is -2.01. The first-order valence-corrected chi connectivity index (χ1v) is 5.38. The number of hydrogen-bond acceptors (Lipinski definition) is 3. The number of ether oxygens (including phenoxy) is 1. The van der Waals surface area contributed by atoms with Gasteiger partial charge in [0.25, 0.3) is 0 Å². The number of methoxy groups -OCH3 is 1. The van der Waals surface area contributed by atoms with E-state index in [0.29, 0.717) is 5.56 Å². The van der Waals surface area contributed by atoms with Gasteiger partial charge in [0, 0.05) is 29.1 Å². The highest BCUT2D eigenvalue weighted by Gasteiger charge is 2.10. The molecular weight excluding hydrogens is 218 g/mol. The average molecular weight is 231 g/mol. The molecule has 1 aromatic carbocycles. The molecule has 1 aromatic heterocycles. The molecule has 0 aliphatic rings. The van der Waals surface area contributed by atoms with Gasteiger partial charge in [0.1, 0.15) is 0 Å². The molecule has 4 heteroatoms. The smallest absolute Gasteiger partial charge is 0.305 e. The fourth-order valence-electron chi connectivity index (χ4n) is 1.69. The van der Waals surface area contributed by atoms with Gasteiger partial charge in [0.05, 0.1) is 13.5 Å². The van der Waals surface area contributed by atoms with Crippen molar-refractivity contribution in [3.8, 4) is 0 Å². The second kappa shape index (κ2) is 4.82. The Hall–Kier alpha value is -2.10. The molecule has 0 saturated heterocycles. The summed E-state index contributed by atoms with van der Waals surface area (Å²) in [6, 6.07) is 7.36. The van der Waals surface area contributed by atoms with Gasteiger partial charge < -0.3 is 9.72 Å². The number of carbonyl (C=O) groups is 2. The van der Waals surface area contributed by atoms with Crippen LogP contribution in [0.4, 0.5) is 0 Å². The normalized spacial score (nSPS) is 10.4. The van der Waals surface area contributed by atoms with E-state index in [4.69, 9.17) is 0 Å². The predicted molar refractivity (Wildman–Crippen MR) is 63.9 cm³/mol. The third-order valence-corrected chi connectivity index (χ3v) is 2.66. The lowest BCUT2D eigenvalue weighted by molar-refractivity contribution is -0.140. The Morgan fingerprint density at radius 2 is 2.06 bits per heavy atom. The van der Waals surface area contributed by atoms with Gasteiger partial charge in [-0.25, -0.2) is 0 Å². The fraction of sp³-hybridized carbons (Fsp3) is 0.231. The lowest BCUT2D eigenvalue weighted by atomic mass is 10.1. The van der Waals surface area contributed by atoms with Gasteiger partial charge in [-0.1, -0.05) is 0 Å². The zero-order valence-electron chi connectivity index (χ0n) is 9.53. The average Bonchev–Trinajstić information content (AvgIpc) is 2.82. The molecule has 88 valence electrons. The molecule has 0 saturated carbocycles. The van der Waals surface area contributed by atoms with Crippen molar-refractivity contribution in [3.05, 3.63) is 36.0 Å². The van der Waals surface area contributed by atoms with Crippen LogP contribution in [-0.4, -0.2) is 23.8 Å². The Kier molecular flexibility index (Phi) is 3.23. The number of esters is 1. The molecule has 0 spiro atoms. The van der Waals surface area contributed by atoms with Crippen molar-refractivity contribution in [3.63, 3.8) is 0 Å². The zero-order chi connectivity index (χ0) is 12.3. The molecule has 0 amide bonds. The number of aromatic nitrogens is 1. The Bertz CT molecular complexity index is 557. The summed E-state index contributed by atoms with van der Waals surface area (Å²) in [6.45, 7) is 0. The van der Waals surface area contributed by atoms with Gasteiger partial charge >= 0.3 is 5.97 Å². The first-order valence-electron chi connectivity index (χ1n) is 5.38. The number of rotatable bonds is 4. The van der Waals surface area contributed by atoms with Crippen molar-refractivity contribution in [1.29, 1.82) is 0 Å². The molecule has 2 rings (SSSR count). The monoisotopic (exact) mass is 231 g/mol. The molecule has 0 radical (unpaired) electrons. The van der Waals surface area contributed by atoms with Gasteiger partial charge in [-0.2, -0.15) is 0 Å². The number of nitrogens with one attached hydrogen (secondary N) is 1. The van der Waals surface area contributed by atoms with E-state index >= 15 is 0 Å². The number of carbonyl (C=O) groups excluding carboxylic acids is 2. The highest BCUT2D eigenvalue weighted by molar-refractivity contribution is 6.00. The number of aromatic amines is 1. The Balaban J connectivity index is 2.10. The number of Topliss-reactive ketones (excluding diaryl/α,β-unsaturated/α-hetero) is 1. The van der Waals surface area contributed by atoms with E-state index in [0.717, 1.165) is 10.9 Å². The van der Waals surface area contributed by atoms with Crippen molar-refractivity contribution in [2.24, 2.45) is 0 Å². The molecule has 1 N–H and O–H groups in total. The van der Waals surface area contributed by atoms with Crippen LogP contribution in [0.25, 0.3) is 10.9 Å². The van der Waals surface area contributed by atoms with E-state index in [-0.39, 0.29) is 24.6 Å². The standard InChI is InChI=1S/C13H13NO3/c1-17-13(16)5-4-12(15)10-2-3-11-9(8-10)6-7-14-11/h2-3,6-8,14H,4-5H2,1H3. The molecule has 0 bridgehead atoms. The number of fused-ring (bicyclic) bond motifs is 1. The first-order chi connectivity index (χ1) is 8.20. The van der Waals surface area contributed by atoms with Crippen LogP contribution < -0.4 is 0 Å². The van der Waals surface area contributed by atoms with E-state index in [9.17, 15) is 9.59 Å². The lowest BCUT2D eigenvalue weighted by Crippen LogP contribution is -2.05. The maximum absolute atomic E-state index is 11.8. The summed E-state index contributed by atoms with van der Waals surface area (Å²) < 4.78 is 4.50. The molecule has 0 aliphatic heterocycles. The Labute approximate surface area is 98.6 Å². The van der Waals surface area contributed by atoms with Crippen LogP contribution in [0, 0.1) is 0 Å². The van der Waals surface area contributed by atoms with Crippen molar-refractivity contribution >= 4 is 22.7 Å². The van der Waals surface area contributed by atoms with Gasteiger partial charge in [-0.15, -0.1) is 0 Å². The Morgan fingerprint density at radius 3 is 2.82 bits per heavy atom.